The highest BCUT2D eigenvalue weighted by molar-refractivity contribution is 7.96. The molecule has 0 radical (unpaired) electrons. The van der Waals surface area contributed by atoms with Crippen LogP contribution < -0.4 is 4.72 Å². The second-order valence-corrected chi connectivity index (χ2v) is 2.31. The molecule has 0 spiro atoms. The van der Waals surface area contributed by atoms with Gasteiger partial charge in [-0.05, 0) is 12.7 Å². The maximum Gasteiger partial charge on any atom is 0.0671 e. The first-order valence-electron chi connectivity index (χ1n) is 2.75. The Hall–Kier alpha value is 0.270. The van der Waals surface area contributed by atoms with Crippen molar-refractivity contribution in [1.29, 1.82) is 0 Å². The molecule has 0 aliphatic carbocycles. The number of aliphatic hydroxyl groups is 1. The van der Waals surface area contributed by atoms with Crippen LogP contribution in [-0.4, -0.2) is 24.0 Å². The van der Waals surface area contributed by atoms with Gasteiger partial charge in [0, 0.05) is 6.54 Å². The first kappa shape index (κ1) is 8.27. The zero-order valence-electron chi connectivity index (χ0n) is 5.35. The highest BCUT2D eigenvalue weighted by Crippen LogP contribution is 1.89. The largest absolute Gasteiger partial charge is 0.392 e. The lowest BCUT2D eigenvalue weighted by atomic mass is 10.3. The van der Waals surface area contributed by atoms with Crippen LogP contribution in [0.1, 0.15) is 13.3 Å². The molecule has 8 heavy (non-hydrogen) atoms. The van der Waals surface area contributed by atoms with E-state index in [2.05, 4.69) is 4.72 Å². The molecule has 0 aromatic rings. The van der Waals surface area contributed by atoms with Gasteiger partial charge >= 0.3 is 0 Å². The Balaban J connectivity index is 2.86. The van der Waals surface area contributed by atoms with E-state index in [9.17, 15) is 0 Å². The van der Waals surface area contributed by atoms with Gasteiger partial charge in [0.1, 0.15) is 0 Å². The zero-order chi connectivity index (χ0) is 6.41. The number of nitrogens with one attached hydrogen (secondary N) is 1. The fourth-order valence-electron chi connectivity index (χ4n) is 0.324. The molecular weight excluding hydrogens is 122 g/mol. The van der Waals surface area contributed by atoms with E-state index >= 15 is 0 Å². The van der Waals surface area contributed by atoms with Crippen molar-refractivity contribution in [3.8, 4) is 0 Å². The van der Waals surface area contributed by atoms with E-state index in [-0.39, 0.29) is 6.10 Å². The first-order valence-corrected chi connectivity index (χ1v) is 3.97. The summed E-state index contributed by atoms with van der Waals surface area (Å²) in [6.07, 6.45) is 2.60. The Kier molecular flexibility index (Phi) is 5.59. The van der Waals surface area contributed by atoms with E-state index in [1.54, 1.807) is 0 Å². The van der Waals surface area contributed by atoms with E-state index in [1.165, 1.54) is 11.9 Å². The van der Waals surface area contributed by atoms with Crippen molar-refractivity contribution in [1.82, 2.24) is 4.72 Å². The highest BCUT2D eigenvalue weighted by atomic mass is 32.2. The molecule has 50 valence electrons. The second kappa shape index (κ2) is 5.41. The molecule has 2 nitrogen and oxygen atoms in total. The van der Waals surface area contributed by atoms with Gasteiger partial charge in [-0.15, -0.1) is 0 Å². The monoisotopic (exact) mass is 135 g/mol. The van der Waals surface area contributed by atoms with Crippen LogP contribution in [0.4, 0.5) is 0 Å². The first-order chi connectivity index (χ1) is 3.81. The smallest absolute Gasteiger partial charge is 0.0671 e. The summed E-state index contributed by atoms with van der Waals surface area (Å²) < 4.78 is 2.97. The summed E-state index contributed by atoms with van der Waals surface area (Å²) in [6, 6.07) is 0. The molecule has 0 fully saturated rings. The quantitative estimate of drug-likeness (QED) is 0.554. The predicted molar refractivity (Wildman–Crippen MR) is 37.8 cm³/mol. The molecule has 0 rings (SSSR count). The predicted octanol–water partition coefficient (Wildman–Crippen LogP) is 0.625. The van der Waals surface area contributed by atoms with Crippen molar-refractivity contribution >= 4 is 11.9 Å². The lowest BCUT2D eigenvalue weighted by molar-refractivity contribution is 0.175. The molecule has 0 bridgehead atoms. The summed E-state index contributed by atoms with van der Waals surface area (Å²) >= 11 is 1.54. The van der Waals surface area contributed by atoms with Crippen molar-refractivity contribution in [3.63, 3.8) is 0 Å². The van der Waals surface area contributed by atoms with Gasteiger partial charge in [-0.1, -0.05) is 18.9 Å². The number of aliphatic hydroxyl groups excluding tert-OH is 1. The Labute approximate surface area is 54.8 Å². The van der Waals surface area contributed by atoms with Gasteiger partial charge in [0.15, 0.2) is 0 Å². The van der Waals surface area contributed by atoms with Gasteiger partial charge in [-0.2, -0.15) is 0 Å². The maximum atomic E-state index is 8.91. The lowest BCUT2D eigenvalue weighted by Gasteiger charge is -2.05. The Morgan fingerprint density at radius 3 is 2.75 bits per heavy atom. The molecule has 0 aliphatic rings. The molecular formula is C5H13NOS. The van der Waals surface area contributed by atoms with Crippen LogP contribution in [0.5, 0.6) is 0 Å². The minimum atomic E-state index is -0.178. The maximum absolute atomic E-state index is 8.91. The van der Waals surface area contributed by atoms with Crippen LogP contribution in [0.2, 0.25) is 0 Å². The summed E-state index contributed by atoms with van der Waals surface area (Å²) in [5, 5.41) is 8.91. The van der Waals surface area contributed by atoms with Crippen molar-refractivity contribution in [2.75, 3.05) is 12.8 Å². The SMILES string of the molecule is CCC(O)CNSC. The Morgan fingerprint density at radius 1 is 1.75 bits per heavy atom. The summed E-state index contributed by atoms with van der Waals surface area (Å²) in [4.78, 5) is 0. The van der Waals surface area contributed by atoms with E-state index in [4.69, 9.17) is 5.11 Å². The van der Waals surface area contributed by atoms with E-state index < -0.39 is 0 Å². The van der Waals surface area contributed by atoms with Crippen LogP contribution in [0.3, 0.4) is 0 Å². The molecule has 0 aromatic heterocycles. The van der Waals surface area contributed by atoms with E-state index in [1.807, 2.05) is 13.2 Å². The fraction of sp³-hybridized carbons (Fsp3) is 1.00. The van der Waals surface area contributed by atoms with Crippen molar-refractivity contribution in [2.24, 2.45) is 0 Å². The van der Waals surface area contributed by atoms with Crippen LogP contribution in [0.25, 0.3) is 0 Å². The van der Waals surface area contributed by atoms with Gasteiger partial charge in [-0.25, -0.2) is 0 Å². The molecule has 0 heterocycles. The number of hydrogen-bond acceptors (Lipinski definition) is 3. The molecule has 0 amide bonds. The molecule has 1 unspecified atom stereocenters. The van der Waals surface area contributed by atoms with Crippen molar-refractivity contribution < 1.29 is 5.11 Å². The molecule has 2 N–H and O–H groups in total. The normalized spacial score (nSPS) is 13.9. The van der Waals surface area contributed by atoms with Gasteiger partial charge < -0.3 is 5.11 Å². The van der Waals surface area contributed by atoms with Gasteiger partial charge in [-0.3, -0.25) is 4.72 Å². The van der Waals surface area contributed by atoms with Crippen LogP contribution >= 0.6 is 11.9 Å². The van der Waals surface area contributed by atoms with Gasteiger partial charge in [0.05, 0.1) is 6.10 Å². The third-order valence-corrected chi connectivity index (χ3v) is 1.39. The minimum Gasteiger partial charge on any atom is -0.392 e. The molecule has 0 saturated heterocycles. The van der Waals surface area contributed by atoms with Crippen LogP contribution in [-0.2, 0) is 0 Å². The number of hydrogen-bond donors (Lipinski definition) is 2. The van der Waals surface area contributed by atoms with Crippen molar-refractivity contribution in [3.05, 3.63) is 0 Å². The van der Waals surface area contributed by atoms with Crippen molar-refractivity contribution in [2.45, 2.75) is 19.4 Å². The summed E-state index contributed by atoms with van der Waals surface area (Å²) in [7, 11) is 0. The van der Waals surface area contributed by atoms with Crippen LogP contribution in [0.15, 0.2) is 0 Å². The van der Waals surface area contributed by atoms with E-state index in [0.717, 1.165) is 6.42 Å². The number of rotatable bonds is 4. The van der Waals surface area contributed by atoms with E-state index in [0.29, 0.717) is 6.54 Å². The summed E-state index contributed by atoms with van der Waals surface area (Å²) in [5.41, 5.74) is 0. The molecule has 0 aliphatic heterocycles. The topological polar surface area (TPSA) is 32.3 Å². The van der Waals surface area contributed by atoms with Gasteiger partial charge in [0.2, 0.25) is 0 Å². The molecule has 3 heteroatoms. The summed E-state index contributed by atoms with van der Waals surface area (Å²) in [6.45, 7) is 2.66. The molecule has 0 aromatic carbocycles. The fourth-order valence-corrected chi connectivity index (χ4v) is 0.683. The third kappa shape index (κ3) is 4.43. The highest BCUT2D eigenvalue weighted by Gasteiger charge is 1.95. The third-order valence-electron chi connectivity index (χ3n) is 0.935. The second-order valence-electron chi connectivity index (χ2n) is 1.61. The minimum absolute atomic E-state index is 0.178. The van der Waals surface area contributed by atoms with Gasteiger partial charge in [0.25, 0.3) is 0 Å². The molecule has 1 atom stereocenters. The average Bonchev–Trinajstić information content (AvgIpc) is 1.83. The lowest BCUT2D eigenvalue weighted by Crippen LogP contribution is -2.20. The zero-order valence-corrected chi connectivity index (χ0v) is 6.16. The molecule has 0 saturated carbocycles. The average molecular weight is 135 g/mol. The Morgan fingerprint density at radius 2 is 2.38 bits per heavy atom. The summed E-state index contributed by atoms with van der Waals surface area (Å²) in [5.74, 6) is 0. The Bertz CT molecular complexity index is 51.7. The van der Waals surface area contributed by atoms with Crippen LogP contribution in [0, 0.1) is 0 Å². The standard InChI is InChI=1S/C5H13NOS/c1-3-5(7)4-6-8-2/h5-7H,3-4H2,1-2H3.